The highest BCUT2D eigenvalue weighted by atomic mass is 19.4. The van der Waals surface area contributed by atoms with E-state index in [-0.39, 0.29) is 23.4 Å². The summed E-state index contributed by atoms with van der Waals surface area (Å²) in [5, 5.41) is 0. The summed E-state index contributed by atoms with van der Waals surface area (Å²) in [6.07, 6.45) is 2.51. The van der Waals surface area contributed by atoms with E-state index in [1.807, 2.05) is 54.7 Å². The van der Waals surface area contributed by atoms with Crippen molar-refractivity contribution < 1.29 is 22.3 Å². The first-order valence-corrected chi connectivity index (χ1v) is 14.0. The van der Waals surface area contributed by atoms with E-state index in [1.165, 1.54) is 11.6 Å². The molecule has 0 N–H and O–H groups in total. The molecule has 0 saturated heterocycles. The van der Waals surface area contributed by atoms with Crippen molar-refractivity contribution in [1.29, 1.82) is 0 Å². The van der Waals surface area contributed by atoms with E-state index in [0.717, 1.165) is 34.4 Å². The van der Waals surface area contributed by atoms with E-state index in [2.05, 4.69) is 70.4 Å². The van der Waals surface area contributed by atoms with Crippen molar-refractivity contribution in [2.24, 2.45) is 0 Å². The van der Waals surface area contributed by atoms with Crippen molar-refractivity contribution in [1.82, 2.24) is 0 Å². The van der Waals surface area contributed by atoms with Crippen LogP contribution >= 0.6 is 0 Å². The van der Waals surface area contributed by atoms with Crippen LogP contribution in [0.4, 0.5) is 13.2 Å². The lowest BCUT2D eigenvalue weighted by molar-refractivity contribution is -0.775. The van der Waals surface area contributed by atoms with Crippen LogP contribution in [0, 0.1) is 0 Å². The minimum atomic E-state index is -4.43. The second-order valence-corrected chi connectivity index (χ2v) is 11.4. The highest BCUT2D eigenvalue weighted by Crippen LogP contribution is 2.67. The highest BCUT2D eigenvalue weighted by Gasteiger charge is 2.71. The molecule has 4 atom stereocenters. The van der Waals surface area contributed by atoms with Gasteiger partial charge in [0.05, 0.1) is 16.7 Å². The zero-order valence-corrected chi connectivity index (χ0v) is 22.2. The van der Waals surface area contributed by atoms with E-state index >= 15 is 0 Å². The fourth-order valence-corrected chi connectivity index (χ4v) is 8.01. The maximum Gasteiger partial charge on any atom is 0.417 e. The van der Waals surface area contributed by atoms with E-state index in [9.17, 15) is 13.2 Å². The molecule has 2 aromatic heterocycles. The second kappa shape index (κ2) is 8.50. The number of halogens is 3. The van der Waals surface area contributed by atoms with Crippen molar-refractivity contribution in [3.8, 4) is 33.6 Å². The molecule has 1 aliphatic carbocycles. The molecule has 0 amide bonds. The van der Waals surface area contributed by atoms with Gasteiger partial charge >= 0.3 is 6.18 Å². The first-order chi connectivity index (χ1) is 19.9. The van der Waals surface area contributed by atoms with Gasteiger partial charge in [0.25, 0.3) is 0 Å². The summed E-state index contributed by atoms with van der Waals surface area (Å²) in [6.45, 7) is 4.34. The van der Waals surface area contributed by atoms with Gasteiger partial charge in [-0.25, -0.2) is 0 Å². The van der Waals surface area contributed by atoms with Crippen LogP contribution in [0.15, 0.2) is 128 Å². The van der Waals surface area contributed by atoms with Crippen molar-refractivity contribution in [3.05, 3.63) is 145 Å². The van der Waals surface area contributed by atoms with Gasteiger partial charge in [0.1, 0.15) is 5.41 Å². The van der Waals surface area contributed by atoms with E-state index in [1.54, 1.807) is 6.07 Å². The summed E-state index contributed by atoms with van der Waals surface area (Å²) in [5.74, 6) is -0.0536. The molecule has 200 valence electrons. The molecule has 41 heavy (non-hydrogen) atoms. The Kier molecular flexibility index (Phi) is 5.04. The third-order valence-corrected chi connectivity index (χ3v) is 9.55. The first kappa shape index (κ1) is 24.3. The topological polar surface area (TPSA) is 7.76 Å². The molecule has 4 heterocycles. The molecule has 1 saturated carbocycles. The SMILES string of the molecule is C=CC1[n+]2cc(-c3ccccc3)ccc2-c2ccccc2C12CC1c3cccc(C(F)(F)F)c3-c3cccc[n+]3C12. The molecule has 5 aromatic rings. The molecular formula is C36H27F3N2+2. The zero-order chi connectivity index (χ0) is 27.9. The number of hydrogen-bond donors (Lipinski definition) is 0. The lowest BCUT2D eigenvalue weighted by atomic mass is 9.47. The number of alkyl halides is 3. The van der Waals surface area contributed by atoms with Gasteiger partial charge < -0.3 is 0 Å². The molecule has 3 aliphatic rings. The smallest absolute Gasteiger partial charge is 0.194 e. The summed E-state index contributed by atoms with van der Waals surface area (Å²) in [4.78, 5) is 0. The number of nitrogens with zero attached hydrogens (tertiary/aromatic N) is 2. The van der Waals surface area contributed by atoms with Gasteiger partial charge in [-0.3, -0.25) is 0 Å². The number of rotatable bonds is 2. The fraction of sp³-hybridized carbons (Fsp3) is 0.167. The molecular weight excluding hydrogens is 517 g/mol. The summed E-state index contributed by atoms with van der Waals surface area (Å²) >= 11 is 0. The van der Waals surface area contributed by atoms with Crippen LogP contribution in [0.1, 0.15) is 41.1 Å². The lowest BCUT2D eigenvalue weighted by Crippen LogP contribution is -2.71. The molecule has 2 nitrogen and oxygen atoms in total. The van der Waals surface area contributed by atoms with Crippen LogP contribution in [0.3, 0.4) is 0 Å². The van der Waals surface area contributed by atoms with Crippen LogP contribution in [-0.4, -0.2) is 0 Å². The predicted octanol–water partition coefficient (Wildman–Crippen LogP) is 8.00. The van der Waals surface area contributed by atoms with Crippen molar-refractivity contribution >= 4 is 0 Å². The fourth-order valence-electron chi connectivity index (χ4n) is 8.01. The third-order valence-electron chi connectivity index (χ3n) is 9.55. The number of fused-ring (bicyclic) bond motifs is 11. The molecule has 1 spiro atoms. The van der Waals surface area contributed by atoms with Crippen LogP contribution in [0.25, 0.3) is 33.6 Å². The van der Waals surface area contributed by atoms with E-state index in [0.29, 0.717) is 11.3 Å². The normalized spacial score (nSPS) is 23.3. The van der Waals surface area contributed by atoms with Crippen molar-refractivity contribution in [2.75, 3.05) is 0 Å². The van der Waals surface area contributed by atoms with Crippen LogP contribution < -0.4 is 9.13 Å². The summed E-state index contributed by atoms with van der Waals surface area (Å²) in [5.41, 5.74) is 6.53. The Labute approximate surface area is 236 Å². The molecule has 8 rings (SSSR count). The van der Waals surface area contributed by atoms with Crippen molar-refractivity contribution in [2.45, 2.75) is 36.0 Å². The highest BCUT2D eigenvalue weighted by molar-refractivity contribution is 5.73. The number of pyridine rings is 2. The van der Waals surface area contributed by atoms with Crippen molar-refractivity contribution in [3.63, 3.8) is 0 Å². The number of allylic oxidation sites excluding steroid dienone is 1. The monoisotopic (exact) mass is 544 g/mol. The Hall–Kier alpha value is -4.51. The van der Waals surface area contributed by atoms with Crippen LogP contribution in [-0.2, 0) is 11.6 Å². The molecule has 5 heteroatoms. The number of benzene rings is 3. The van der Waals surface area contributed by atoms with Gasteiger partial charge in [-0.15, -0.1) is 0 Å². The molecule has 0 bridgehead atoms. The minimum absolute atomic E-state index is 0.0536. The average Bonchev–Trinajstić information content (AvgIpc) is 2.99. The van der Waals surface area contributed by atoms with Gasteiger partial charge in [0.2, 0.25) is 11.4 Å². The summed E-state index contributed by atoms with van der Waals surface area (Å²) in [6, 6.07) is 33.3. The standard InChI is InChI=1S/C36H27F3N2/c1-2-32-35(28-15-7-6-13-26(28)30-19-18-24(22-41(30)32)23-11-4-3-5-12-23)21-27-25-14-10-16-29(36(37,38)39)33(25)31-17-8-9-20-40(31)34(27)35/h2-20,22,27,32,34H,1,21H2/q+2. The second-order valence-electron chi connectivity index (χ2n) is 11.4. The largest absolute Gasteiger partial charge is 0.417 e. The third kappa shape index (κ3) is 3.20. The Bertz CT molecular complexity index is 1860. The predicted molar refractivity (Wildman–Crippen MR) is 152 cm³/mol. The Balaban J connectivity index is 1.38. The summed E-state index contributed by atoms with van der Waals surface area (Å²) < 4.78 is 47.3. The van der Waals surface area contributed by atoms with Gasteiger partial charge in [-0.1, -0.05) is 67.2 Å². The van der Waals surface area contributed by atoms with Crippen LogP contribution in [0.5, 0.6) is 0 Å². The molecule has 0 radical (unpaired) electrons. The van der Waals surface area contributed by atoms with E-state index < -0.39 is 11.7 Å². The lowest BCUT2D eigenvalue weighted by Gasteiger charge is -2.56. The Morgan fingerprint density at radius 3 is 2.34 bits per heavy atom. The summed E-state index contributed by atoms with van der Waals surface area (Å²) in [7, 11) is 0. The molecule has 1 fully saturated rings. The average molecular weight is 545 g/mol. The van der Waals surface area contributed by atoms with Crippen LogP contribution in [0.2, 0.25) is 0 Å². The minimum Gasteiger partial charge on any atom is -0.194 e. The first-order valence-electron chi connectivity index (χ1n) is 14.0. The maximum atomic E-state index is 14.3. The number of aromatic nitrogens is 2. The number of hydrogen-bond acceptors (Lipinski definition) is 0. The van der Waals surface area contributed by atoms with Gasteiger partial charge in [0.15, 0.2) is 24.5 Å². The van der Waals surface area contributed by atoms with E-state index in [4.69, 9.17) is 0 Å². The van der Waals surface area contributed by atoms with Gasteiger partial charge in [-0.2, -0.15) is 22.3 Å². The Morgan fingerprint density at radius 1 is 0.756 bits per heavy atom. The molecule has 2 aliphatic heterocycles. The molecule has 3 aromatic carbocycles. The van der Waals surface area contributed by atoms with Gasteiger partial charge in [-0.05, 0) is 53.5 Å². The quantitative estimate of drug-likeness (QED) is 0.157. The molecule has 4 unspecified atom stereocenters. The zero-order valence-electron chi connectivity index (χ0n) is 22.2. The maximum absolute atomic E-state index is 14.3. The van der Waals surface area contributed by atoms with Gasteiger partial charge in [0, 0.05) is 29.7 Å². The Morgan fingerprint density at radius 2 is 1.54 bits per heavy atom.